The lowest BCUT2D eigenvalue weighted by molar-refractivity contribution is -0.114. The fraction of sp³-hybridized carbons (Fsp3) is 0.167. The molecule has 0 bridgehead atoms. The van der Waals surface area contributed by atoms with Crippen LogP contribution in [0, 0.1) is 5.82 Å². The minimum Gasteiger partial charge on any atom is -0.323 e. The Bertz CT molecular complexity index is 696. The number of nitrogens with zero attached hydrogens (tertiary/aromatic N) is 3. The van der Waals surface area contributed by atoms with Crippen LogP contribution in [0.25, 0.3) is 0 Å². The van der Waals surface area contributed by atoms with Gasteiger partial charge in [0.05, 0.1) is 0 Å². The molecule has 0 atom stereocenters. The molecule has 1 aromatic heterocycles. The third kappa shape index (κ3) is 3.16. The Balaban J connectivity index is 2.32. The van der Waals surface area contributed by atoms with Gasteiger partial charge in [-0.25, -0.2) is 9.07 Å². The van der Waals surface area contributed by atoms with E-state index in [-0.39, 0.29) is 17.6 Å². The van der Waals surface area contributed by atoms with E-state index in [0.717, 1.165) is 4.68 Å². The van der Waals surface area contributed by atoms with Crippen molar-refractivity contribution in [2.24, 2.45) is 7.05 Å². The first kappa shape index (κ1) is 13.7. The molecule has 2 N–H and O–H groups in total. The van der Waals surface area contributed by atoms with E-state index < -0.39 is 11.5 Å². The molecule has 0 aliphatic rings. The van der Waals surface area contributed by atoms with E-state index in [1.165, 1.54) is 38.2 Å². The molecular weight excluding hydrogens is 265 g/mol. The largest absolute Gasteiger partial charge is 0.323 e. The first-order valence-corrected chi connectivity index (χ1v) is 5.71. The van der Waals surface area contributed by atoms with Crippen LogP contribution < -0.4 is 16.2 Å². The van der Waals surface area contributed by atoms with E-state index in [4.69, 9.17) is 0 Å². The molecule has 0 saturated carbocycles. The molecule has 8 heteroatoms. The van der Waals surface area contributed by atoms with E-state index in [0.29, 0.717) is 5.69 Å². The Morgan fingerprint density at radius 2 is 1.95 bits per heavy atom. The molecule has 2 aromatic rings. The van der Waals surface area contributed by atoms with Gasteiger partial charge in [0, 0.05) is 19.7 Å². The number of halogens is 1. The highest BCUT2D eigenvalue weighted by atomic mass is 19.1. The van der Waals surface area contributed by atoms with Crippen LogP contribution in [-0.4, -0.2) is 20.7 Å². The predicted octanol–water partition coefficient (Wildman–Crippen LogP) is 1.02. The summed E-state index contributed by atoms with van der Waals surface area (Å²) >= 11 is 0. The van der Waals surface area contributed by atoms with Crippen molar-refractivity contribution >= 4 is 23.4 Å². The fourth-order valence-electron chi connectivity index (χ4n) is 1.48. The lowest BCUT2D eigenvalue weighted by Gasteiger charge is -2.08. The highest BCUT2D eigenvalue weighted by Crippen LogP contribution is 2.13. The molecule has 0 unspecified atom stereocenters. The Morgan fingerprint density at radius 3 is 2.55 bits per heavy atom. The zero-order valence-corrected chi connectivity index (χ0v) is 10.8. The summed E-state index contributed by atoms with van der Waals surface area (Å²) in [5.74, 6) is -0.786. The van der Waals surface area contributed by atoms with Gasteiger partial charge in [0.15, 0.2) is 0 Å². The van der Waals surface area contributed by atoms with Gasteiger partial charge in [-0.15, -0.1) is 5.10 Å². The topological polar surface area (TPSA) is 88.9 Å². The van der Waals surface area contributed by atoms with Gasteiger partial charge >= 0.3 is 5.56 Å². The maximum atomic E-state index is 12.8. The highest BCUT2D eigenvalue weighted by Gasteiger charge is 2.09. The fourth-order valence-corrected chi connectivity index (χ4v) is 1.48. The molecule has 1 heterocycles. The summed E-state index contributed by atoms with van der Waals surface area (Å²) in [6.45, 7) is 1.27. The Labute approximate surface area is 113 Å². The number of amides is 1. The van der Waals surface area contributed by atoms with Crippen LogP contribution in [0.1, 0.15) is 6.92 Å². The van der Waals surface area contributed by atoms with Crippen LogP contribution in [-0.2, 0) is 11.8 Å². The number of nitrogens with one attached hydrogen (secondary N) is 2. The normalized spacial score (nSPS) is 10.2. The zero-order chi connectivity index (χ0) is 14.7. The summed E-state index contributed by atoms with van der Waals surface area (Å²) in [7, 11) is 1.44. The van der Waals surface area contributed by atoms with E-state index in [1.54, 1.807) is 0 Å². The number of aromatic nitrogens is 3. The molecule has 20 heavy (non-hydrogen) atoms. The summed E-state index contributed by atoms with van der Waals surface area (Å²) in [4.78, 5) is 26.6. The molecule has 0 spiro atoms. The molecule has 0 radical (unpaired) electrons. The number of carbonyl (C=O) groups is 1. The van der Waals surface area contributed by atoms with Gasteiger partial charge < -0.3 is 10.6 Å². The minimum absolute atomic E-state index is 0.113. The Kier molecular flexibility index (Phi) is 3.74. The van der Waals surface area contributed by atoms with E-state index in [1.807, 2.05) is 0 Å². The molecule has 0 aliphatic heterocycles. The van der Waals surface area contributed by atoms with Crippen LogP contribution in [0.15, 0.2) is 29.1 Å². The number of rotatable bonds is 3. The first-order valence-electron chi connectivity index (χ1n) is 5.71. The second kappa shape index (κ2) is 5.47. The maximum absolute atomic E-state index is 12.8. The number of aryl methyl sites for hydroxylation is 1. The quantitative estimate of drug-likeness (QED) is 0.874. The molecule has 7 nitrogen and oxygen atoms in total. The molecule has 104 valence electrons. The van der Waals surface area contributed by atoms with Crippen molar-refractivity contribution in [2.45, 2.75) is 6.92 Å². The Hall–Kier alpha value is -2.77. The van der Waals surface area contributed by atoms with Gasteiger partial charge in [-0.2, -0.15) is 4.98 Å². The highest BCUT2D eigenvalue weighted by molar-refractivity contribution is 5.87. The van der Waals surface area contributed by atoms with E-state index in [9.17, 15) is 14.0 Å². The number of hydrogen-bond acceptors (Lipinski definition) is 5. The molecule has 0 aliphatic carbocycles. The van der Waals surface area contributed by atoms with Crippen molar-refractivity contribution in [1.82, 2.24) is 14.8 Å². The van der Waals surface area contributed by atoms with Gasteiger partial charge in [-0.1, -0.05) is 0 Å². The number of hydrogen-bond donors (Lipinski definition) is 2. The second-order valence-corrected chi connectivity index (χ2v) is 4.03. The summed E-state index contributed by atoms with van der Waals surface area (Å²) in [5.41, 5.74) is 0.0312. The molecule has 0 saturated heterocycles. The van der Waals surface area contributed by atoms with Crippen molar-refractivity contribution in [2.75, 3.05) is 10.6 Å². The van der Waals surface area contributed by atoms with Gasteiger partial charge in [-0.05, 0) is 24.3 Å². The average Bonchev–Trinajstić information content (AvgIpc) is 2.37. The van der Waals surface area contributed by atoms with Crippen LogP contribution in [0.5, 0.6) is 0 Å². The van der Waals surface area contributed by atoms with Crippen molar-refractivity contribution in [1.29, 1.82) is 0 Å². The zero-order valence-electron chi connectivity index (χ0n) is 10.8. The van der Waals surface area contributed by atoms with Gasteiger partial charge in [0.2, 0.25) is 17.7 Å². The number of carbonyl (C=O) groups excluding carboxylic acids is 1. The van der Waals surface area contributed by atoms with Gasteiger partial charge in [0.1, 0.15) is 5.82 Å². The summed E-state index contributed by atoms with van der Waals surface area (Å²) in [6.07, 6.45) is 0. The lowest BCUT2D eigenvalue weighted by Crippen LogP contribution is -2.27. The predicted molar refractivity (Wildman–Crippen MR) is 71.3 cm³/mol. The van der Waals surface area contributed by atoms with Crippen LogP contribution in [0.3, 0.4) is 0 Å². The SMILES string of the molecule is CC(=O)Nc1nc(Nc2ccc(F)cc2)nn(C)c1=O. The van der Waals surface area contributed by atoms with Gasteiger partial charge in [0.25, 0.3) is 0 Å². The van der Waals surface area contributed by atoms with Crippen molar-refractivity contribution < 1.29 is 9.18 Å². The molecular formula is C12H12FN5O2. The summed E-state index contributed by atoms with van der Waals surface area (Å²) in [6, 6.07) is 5.56. The standard InChI is InChI=1S/C12H12FN5O2/c1-7(19)14-10-11(20)18(2)17-12(16-10)15-9-5-3-8(13)4-6-9/h3-6H,1-2H3,(H2,14,15,16,17,19). The first-order chi connectivity index (χ1) is 9.45. The van der Waals surface area contributed by atoms with E-state index in [2.05, 4.69) is 20.7 Å². The lowest BCUT2D eigenvalue weighted by atomic mass is 10.3. The smallest absolute Gasteiger partial charge is 0.309 e. The third-order valence-corrected chi connectivity index (χ3v) is 2.35. The monoisotopic (exact) mass is 277 g/mol. The second-order valence-electron chi connectivity index (χ2n) is 4.03. The van der Waals surface area contributed by atoms with Crippen LogP contribution in [0.2, 0.25) is 0 Å². The number of benzene rings is 1. The average molecular weight is 277 g/mol. The summed E-state index contributed by atoms with van der Waals surface area (Å²) < 4.78 is 13.8. The third-order valence-electron chi connectivity index (χ3n) is 2.35. The van der Waals surface area contributed by atoms with Crippen LogP contribution >= 0.6 is 0 Å². The molecule has 1 amide bonds. The molecule has 0 fully saturated rings. The number of anilines is 3. The van der Waals surface area contributed by atoms with Crippen molar-refractivity contribution in [3.8, 4) is 0 Å². The van der Waals surface area contributed by atoms with Crippen molar-refractivity contribution in [3.05, 3.63) is 40.4 Å². The van der Waals surface area contributed by atoms with Crippen LogP contribution in [0.4, 0.5) is 21.8 Å². The maximum Gasteiger partial charge on any atom is 0.309 e. The van der Waals surface area contributed by atoms with E-state index >= 15 is 0 Å². The molecule has 1 aromatic carbocycles. The van der Waals surface area contributed by atoms with Gasteiger partial charge in [-0.3, -0.25) is 9.59 Å². The minimum atomic E-state index is -0.523. The molecule has 2 rings (SSSR count). The summed E-state index contributed by atoms with van der Waals surface area (Å²) in [5, 5.41) is 9.03. The Morgan fingerprint density at radius 1 is 1.30 bits per heavy atom. The van der Waals surface area contributed by atoms with Crippen molar-refractivity contribution in [3.63, 3.8) is 0 Å².